The minimum Gasteiger partial charge on any atom is -0.496 e. The summed E-state index contributed by atoms with van der Waals surface area (Å²) in [5.41, 5.74) is 2.58. The predicted molar refractivity (Wildman–Crippen MR) is 117 cm³/mol. The van der Waals surface area contributed by atoms with E-state index in [4.69, 9.17) is 9.15 Å². The van der Waals surface area contributed by atoms with Gasteiger partial charge in [-0.05, 0) is 37.8 Å². The first kappa shape index (κ1) is 21.2. The molecule has 1 aliphatic rings. The molecule has 7 heteroatoms. The molecule has 4 rings (SSSR count). The molecular formula is C24H30N4O3. The molecule has 3 aromatic rings. The van der Waals surface area contributed by atoms with Crippen LogP contribution in [-0.2, 0) is 12.8 Å². The fraction of sp³-hybridized carbons (Fsp3) is 0.458. The Bertz CT molecular complexity index is 1010. The largest absolute Gasteiger partial charge is 0.496 e. The minimum absolute atomic E-state index is 0.0236. The van der Waals surface area contributed by atoms with Crippen LogP contribution in [0.2, 0.25) is 0 Å². The number of nitrogens with zero attached hydrogens (tertiary/aromatic N) is 3. The fourth-order valence-corrected chi connectivity index (χ4v) is 4.12. The van der Waals surface area contributed by atoms with Gasteiger partial charge in [0.1, 0.15) is 17.2 Å². The Balaban J connectivity index is 1.41. The molecule has 0 spiro atoms. The molecule has 0 saturated carbocycles. The summed E-state index contributed by atoms with van der Waals surface area (Å²) in [6.07, 6.45) is 7.42. The number of piperidine rings is 1. The molecule has 2 aromatic heterocycles. The number of methoxy groups -OCH3 is 1. The quantitative estimate of drug-likeness (QED) is 0.583. The van der Waals surface area contributed by atoms with Crippen LogP contribution in [0, 0.1) is 0 Å². The number of benzene rings is 1. The molecule has 7 nitrogen and oxygen atoms in total. The molecule has 0 unspecified atom stereocenters. The Labute approximate surface area is 182 Å². The maximum absolute atomic E-state index is 13.0. The van der Waals surface area contributed by atoms with Crippen molar-refractivity contribution < 1.29 is 13.9 Å². The highest BCUT2D eigenvalue weighted by atomic mass is 16.5. The Morgan fingerprint density at radius 1 is 1.35 bits per heavy atom. The van der Waals surface area contributed by atoms with Crippen LogP contribution in [0.1, 0.15) is 71.9 Å². The summed E-state index contributed by atoms with van der Waals surface area (Å²) in [5, 5.41) is 7.24. The molecule has 3 heterocycles. The number of rotatable bonds is 8. The van der Waals surface area contributed by atoms with E-state index >= 15 is 0 Å². The number of aryl methyl sites for hydroxylation is 1. The molecular weight excluding hydrogens is 392 g/mol. The number of aromatic amines is 1. The Kier molecular flexibility index (Phi) is 6.70. The van der Waals surface area contributed by atoms with Gasteiger partial charge in [-0.15, -0.1) is 0 Å². The van der Waals surface area contributed by atoms with E-state index in [1.54, 1.807) is 13.3 Å². The number of carbonyl (C=O) groups is 1. The number of aromatic nitrogens is 3. The maximum atomic E-state index is 13.0. The second-order valence-corrected chi connectivity index (χ2v) is 8.13. The van der Waals surface area contributed by atoms with Crippen molar-refractivity contribution in [3.05, 3.63) is 65.1 Å². The van der Waals surface area contributed by atoms with Crippen LogP contribution >= 0.6 is 0 Å². The number of carbonyl (C=O) groups excluding carboxylic acids is 1. The van der Waals surface area contributed by atoms with Crippen LogP contribution in [0.3, 0.4) is 0 Å². The number of nitrogens with one attached hydrogen (secondary N) is 1. The summed E-state index contributed by atoms with van der Waals surface area (Å²) in [4.78, 5) is 19.4. The van der Waals surface area contributed by atoms with Crippen molar-refractivity contribution in [3.63, 3.8) is 0 Å². The van der Waals surface area contributed by atoms with Crippen molar-refractivity contribution in [1.82, 2.24) is 20.1 Å². The SMILES string of the molecule is CCCCc1cc(C(=O)N2CCC[C@H](c3ncc(Cc4ccccc4OC)o3)C2)n[nH]1. The number of oxazole rings is 1. The Morgan fingerprint density at radius 2 is 2.23 bits per heavy atom. The van der Waals surface area contributed by atoms with Gasteiger partial charge in [0.2, 0.25) is 0 Å². The highest BCUT2D eigenvalue weighted by Crippen LogP contribution is 2.29. The smallest absolute Gasteiger partial charge is 0.274 e. The van der Waals surface area contributed by atoms with Crippen LogP contribution in [0.4, 0.5) is 0 Å². The molecule has 1 amide bonds. The highest BCUT2D eigenvalue weighted by molar-refractivity contribution is 5.92. The van der Waals surface area contributed by atoms with Crippen molar-refractivity contribution >= 4 is 5.91 Å². The molecule has 1 N–H and O–H groups in total. The average Bonchev–Trinajstić information content (AvgIpc) is 3.47. The van der Waals surface area contributed by atoms with E-state index in [1.807, 2.05) is 35.2 Å². The number of hydrogen-bond donors (Lipinski definition) is 1. The zero-order valence-corrected chi connectivity index (χ0v) is 18.3. The van der Waals surface area contributed by atoms with Crippen LogP contribution in [0.15, 0.2) is 40.9 Å². The van der Waals surface area contributed by atoms with Gasteiger partial charge >= 0.3 is 0 Å². The van der Waals surface area contributed by atoms with E-state index in [0.29, 0.717) is 24.6 Å². The van der Waals surface area contributed by atoms with Crippen LogP contribution in [0.5, 0.6) is 5.75 Å². The lowest BCUT2D eigenvalue weighted by molar-refractivity contribution is 0.0692. The first-order valence-corrected chi connectivity index (χ1v) is 11.1. The van der Waals surface area contributed by atoms with Gasteiger partial charge in [0.05, 0.1) is 19.2 Å². The van der Waals surface area contributed by atoms with Gasteiger partial charge in [-0.1, -0.05) is 31.5 Å². The summed E-state index contributed by atoms with van der Waals surface area (Å²) in [5.74, 6) is 2.42. The molecule has 31 heavy (non-hydrogen) atoms. The van der Waals surface area contributed by atoms with E-state index in [-0.39, 0.29) is 11.8 Å². The normalized spacial score (nSPS) is 16.5. The molecule has 164 valence electrons. The third-order valence-corrected chi connectivity index (χ3v) is 5.84. The van der Waals surface area contributed by atoms with Crippen molar-refractivity contribution in [2.24, 2.45) is 0 Å². The molecule has 0 radical (unpaired) electrons. The van der Waals surface area contributed by atoms with Gasteiger partial charge in [-0.3, -0.25) is 9.89 Å². The van der Waals surface area contributed by atoms with Gasteiger partial charge in [0.25, 0.3) is 5.91 Å². The molecule has 1 aliphatic heterocycles. The fourth-order valence-electron chi connectivity index (χ4n) is 4.12. The van der Waals surface area contributed by atoms with Gasteiger partial charge in [-0.2, -0.15) is 5.10 Å². The Hall–Kier alpha value is -3.09. The first-order valence-electron chi connectivity index (χ1n) is 11.1. The van der Waals surface area contributed by atoms with Crippen molar-refractivity contribution in [3.8, 4) is 5.75 Å². The van der Waals surface area contributed by atoms with E-state index in [0.717, 1.165) is 61.4 Å². The molecule has 1 fully saturated rings. The van der Waals surface area contributed by atoms with Crippen molar-refractivity contribution in [2.75, 3.05) is 20.2 Å². The number of para-hydroxylation sites is 1. The zero-order chi connectivity index (χ0) is 21.6. The van der Waals surface area contributed by atoms with E-state index < -0.39 is 0 Å². The van der Waals surface area contributed by atoms with Crippen LogP contribution in [-0.4, -0.2) is 46.2 Å². The van der Waals surface area contributed by atoms with Gasteiger partial charge < -0.3 is 14.1 Å². The number of H-pyrrole nitrogens is 1. The second-order valence-electron chi connectivity index (χ2n) is 8.13. The average molecular weight is 423 g/mol. The standard InChI is InChI=1S/C24H30N4O3/c1-3-4-10-19-14-21(27-26-19)24(29)28-12-7-9-18(16-28)23-25-15-20(31-23)13-17-8-5-6-11-22(17)30-2/h5-6,8,11,14-15,18H,3-4,7,9-10,12-13,16H2,1-2H3,(H,26,27)/t18-/m0/s1. The molecule has 0 bridgehead atoms. The first-order chi connectivity index (χ1) is 15.2. The zero-order valence-electron chi connectivity index (χ0n) is 18.3. The number of likely N-dealkylation sites (tertiary alicyclic amines) is 1. The lowest BCUT2D eigenvalue weighted by Crippen LogP contribution is -2.39. The second kappa shape index (κ2) is 9.81. The number of hydrogen-bond acceptors (Lipinski definition) is 5. The third kappa shape index (κ3) is 4.98. The molecule has 1 aromatic carbocycles. The predicted octanol–water partition coefficient (Wildman–Crippen LogP) is 4.36. The molecule has 0 aliphatic carbocycles. The maximum Gasteiger partial charge on any atom is 0.274 e. The Morgan fingerprint density at radius 3 is 3.06 bits per heavy atom. The monoisotopic (exact) mass is 422 g/mol. The summed E-state index contributed by atoms with van der Waals surface area (Å²) in [6.45, 7) is 3.49. The molecule has 1 saturated heterocycles. The van der Waals surface area contributed by atoms with E-state index in [1.165, 1.54) is 0 Å². The van der Waals surface area contributed by atoms with Crippen molar-refractivity contribution in [1.29, 1.82) is 0 Å². The minimum atomic E-state index is -0.0236. The third-order valence-electron chi connectivity index (χ3n) is 5.84. The van der Waals surface area contributed by atoms with Crippen molar-refractivity contribution in [2.45, 2.75) is 51.4 Å². The lowest BCUT2D eigenvalue weighted by Gasteiger charge is -2.30. The number of amides is 1. The lowest BCUT2D eigenvalue weighted by atomic mass is 9.97. The summed E-state index contributed by atoms with van der Waals surface area (Å²) >= 11 is 0. The summed E-state index contributed by atoms with van der Waals surface area (Å²) in [6, 6.07) is 9.80. The number of ether oxygens (including phenoxy) is 1. The van der Waals surface area contributed by atoms with E-state index in [9.17, 15) is 4.79 Å². The topological polar surface area (TPSA) is 84.2 Å². The van der Waals surface area contributed by atoms with E-state index in [2.05, 4.69) is 22.1 Å². The van der Waals surface area contributed by atoms with Gasteiger partial charge in [0, 0.05) is 30.8 Å². The highest BCUT2D eigenvalue weighted by Gasteiger charge is 2.29. The van der Waals surface area contributed by atoms with Crippen LogP contribution in [0.25, 0.3) is 0 Å². The van der Waals surface area contributed by atoms with Crippen LogP contribution < -0.4 is 4.74 Å². The van der Waals surface area contributed by atoms with Gasteiger partial charge in [-0.25, -0.2) is 4.98 Å². The van der Waals surface area contributed by atoms with Gasteiger partial charge in [0.15, 0.2) is 5.89 Å². The molecule has 1 atom stereocenters. The summed E-state index contributed by atoms with van der Waals surface area (Å²) < 4.78 is 11.5. The summed E-state index contributed by atoms with van der Waals surface area (Å²) in [7, 11) is 1.67. The number of unbranched alkanes of at least 4 members (excludes halogenated alkanes) is 1.